The van der Waals surface area contributed by atoms with E-state index in [-0.39, 0.29) is 12.3 Å². The highest BCUT2D eigenvalue weighted by Gasteiger charge is 2.33. The van der Waals surface area contributed by atoms with E-state index in [4.69, 9.17) is 15.9 Å². The van der Waals surface area contributed by atoms with Crippen molar-refractivity contribution in [1.82, 2.24) is 21.3 Å². The van der Waals surface area contributed by atoms with Crippen LogP contribution < -0.4 is 27.0 Å². The maximum atomic E-state index is 12.8. The summed E-state index contributed by atoms with van der Waals surface area (Å²) in [5.74, 6) is -6.16. The fourth-order valence-electron chi connectivity index (χ4n) is 3.21. The second-order valence-corrected chi connectivity index (χ2v) is 8.07. The van der Waals surface area contributed by atoms with Gasteiger partial charge in [0.2, 0.25) is 23.6 Å². The number of carbonyl (C=O) groups excluding carboxylic acids is 4. The van der Waals surface area contributed by atoms with Gasteiger partial charge in [-0.1, -0.05) is 13.8 Å². The topological polar surface area (TPSA) is 217 Å². The lowest BCUT2D eigenvalue weighted by Crippen LogP contribution is -2.58. The van der Waals surface area contributed by atoms with Gasteiger partial charge < -0.3 is 37.2 Å². The predicted octanol–water partition coefficient (Wildman–Crippen LogP) is -2.33. The molecule has 4 amide bonds. The van der Waals surface area contributed by atoms with E-state index in [1.807, 2.05) is 0 Å². The monoisotopic (exact) mass is 457 g/mol. The van der Waals surface area contributed by atoms with Crippen molar-refractivity contribution >= 4 is 35.6 Å². The lowest BCUT2D eigenvalue weighted by atomic mass is 10.0. The molecular weight excluding hydrogens is 426 g/mol. The van der Waals surface area contributed by atoms with Crippen molar-refractivity contribution in [3.05, 3.63) is 0 Å². The third kappa shape index (κ3) is 9.29. The van der Waals surface area contributed by atoms with Crippen LogP contribution in [0.4, 0.5) is 0 Å². The third-order valence-corrected chi connectivity index (χ3v) is 4.75. The molecule has 0 aromatic carbocycles. The number of aliphatic carboxylic acids is 2. The molecule has 8 N–H and O–H groups in total. The number of amides is 4. The van der Waals surface area contributed by atoms with Crippen LogP contribution in [0, 0.1) is 5.92 Å². The first kappa shape index (κ1) is 26.8. The molecule has 0 spiro atoms. The fraction of sp³-hybridized carbons (Fsp3) is 0.684. The summed E-state index contributed by atoms with van der Waals surface area (Å²) >= 11 is 0. The molecule has 1 saturated heterocycles. The number of nitrogens with two attached hydrogens (primary N) is 1. The summed E-state index contributed by atoms with van der Waals surface area (Å²) < 4.78 is 0. The van der Waals surface area contributed by atoms with E-state index in [1.165, 1.54) is 0 Å². The summed E-state index contributed by atoms with van der Waals surface area (Å²) in [6.07, 6.45) is 0.0887. The van der Waals surface area contributed by atoms with Gasteiger partial charge in [0.1, 0.15) is 18.1 Å². The molecule has 0 saturated carbocycles. The molecule has 32 heavy (non-hydrogen) atoms. The normalized spacial score (nSPS) is 18.3. The average Bonchev–Trinajstić information content (AvgIpc) is 3.20. The highest BCUT2D eigenvalue weighted by molar-refractivity contribution is 5.96. The molecule has 1 rings (SSSR count). The summed E-state index contributed by atoms with van der Waals surface area (Å²) in [6, 6.07) is -4.77. The summed E-state index contributed by atoms with van der Waals surface area (Å²) in [5, 5.41) is 27.9. The van der Waals surface area contributed by atoms with Crippen molar-refractivity contribution < 1.29 is 39.0 Å². The number of hydrogen-bond acceptors (Lipinski definition) is 7. The molecule has 0 aromatic rings. The van der Waals surface area contributed by atoms with Crippen LogP contribution in [0.1, 0.15) is 46.0 Å². The molecule has 1 aliphatic heterocycles. The number of primary amides is 1. The molecule has 4 unspecified atom stereocenters. The zero-order valence-corrected chi connectivity index (χ0v) is 18.1. The smallest absolute Gasteiger partial charge is 0.326 e. The lowest BCUT2D eigenvalue weighted by Gasteiger charge is -2.25. The molecule has 13 heteroatoms. The van der Waals surface area contributed by atoms with Gasteiger partial charge in [-0.25, -0.2) is 4.79 Å². The maximum Gasteiger partial charge on any atom is 0.326 e. The van der Waals surface area contributed by atoms with Gasteiger partial charge in [0.05, 0.1) is 18.9 Å². The van der Waals surface area contributed by atoms with Crippen LogP contribution in [-0.4, -0.2) is 76.5 Å². The van der Waals surface area contributed by atoms with Gasteiger partial charge in [0.15, 0.2) is 0 Å². The number of rotatable bonds is 13. The van der Waals surface area contributed by atoms with Crippen LogP contribution in [0.5, 0.6) is 0 Å². The van der Waals surface area contributed by atoms with E-state index in [9.17, 15) is 28.8 Å². The van der Waals surface area contributed by atoms with Crippen molar-refractivity contribution in [1.29, 1.82) is 0 Å². The summed E-state index contributed by atoms with van der Waals surface area (Å²) in [5.41, 5.74) is 5.19. The first-order valence-electron chi connectivity index (χ1n) is 10.3. The van der Waals surface area contributed by atoms with Crippen LogP contribution in [0.3, 0.4) is 0 Å². The summed E-state index contributed by atoms with van der Waals surface area (Å²) in [4.78, 5) is 71.3. The molecule has 0 aromatic heterocycles. The van der Waals surface area contributed by atoms with Crippen molar-refractivity contribution in [2.75, 3.05) is 6.54 Å². The fourth-order valence-corrected chi connectivity index (χ4v) is 3.21. The van der Waals surface area contributed by atoms with Gasteiger partial charge in [-0.3, -0.25) is 24.0 Å². The van der Waals surface area contributed by atoms with Gasteiger partial charge in [-0.05, 0) is 31.7 Å². The number of nitrogens with one attached hydrogen (secondary N) is 4. The Balaban J connectivity index is 2.93. The first-order valence-corrected chi connectivity index (χ1v) is 10.3. The minimum Gasteiger partial charge on any atom is -0.481 e. The van der Waals surface area contributed by atoms with Gasteiger partial charge in [0.25, 0.3) is 0 Å². The molecule has 0 aliphatic carbocycles. The van der Waals surface area contributed by atoms with E-state index in [0.717, 1.165) is 6.42 Å². The quantitative estimate of drug-likeness (QED) is 0.158. The molecule has 0 bridgehead atoms. The van der Waals surface area contributed by atoms with Crippen molar-refractivity contribution in [2.24, 2.45) is 11.7 Å². The second-order valence-electron chi connectivity index (χ2n) is 8.07. The molecule has 1 heterocycles. The highest BCUT2D eigenvalue weighted by atomic mass is 16.4. The van der Waals surface area contributed by atoms with E-state index in [0.29, 0.717) is 13.0 Å². The van der Waals surface area contributed by atoms with Crippen LogP contribution >= 0.6 is 0 Å². The Kier molecular flexibility index (Phi) is 10.5. The molecular formula is C19H31N5O8. The van der Waals surface area contributed by atoms with E-state index in [2.05, 4.69) is 21.3 Å². The minimum atomic E-state index is -1.69. The molecule has 0 radical (unpaired) electrons. The average molecular weight is 457 g/mol. The zero-order chi connectivity index (χ0) is 24.4. The Labute approximate surface area is 184 Å². The Bertz CT molecular complexity index is 735. The predicted molar refractivity (Wildman–Crippen MR) is 110 cm³/mol. The van der Waals surface area contributed by atoms with E-state index < -0.39 is 72.6 Å². The lowest BCUT2D eigenvalue weighted by molar-refractivity contribution is -0.147. The van der Waals surface area contributed by atoms with Crippen LogP contribution in [0.15, 0.2) is 0 Å². The molecule has 13 nitrogen and oxygen atoms in total. The Morgan fingerprint density at radius 3 is 2.00 bits per heavy atom. The Morgan fingerprint density at radius 2 is 1.53 bits per heavy atom. The van der Waals surface area contributed by atoms with Gasteiger partial charge >= 0.3 is 11.9 Å². The molecule has 1 fully saturated rings. The minimum absolute atomic E-state index is 0.0956. The standard InChI is InChI=1S/C19H31N5O8/c1-9(2)6-11(17(29)24-13(19(31)32)8-15(26)27)22-18(30)12(7-14(20)25)23-16(28)10-4-3-5-21-10/h9-13,21H,3-8H2,1-2H3,(H2,20,25)(H,22,30)(H,23,28)(H,24,29)(H,26,27)(H,31,32). The van der Waals surface area contributed by atoms with Crippen molar-refractivity contribution in [3.8, 4) is 0 Å². The molecule has 180 valence electrons. The van der Waals surface area contributed by atoms with Crippen molar-refractivity contribution in [2.45, 2.75) is 70.1 Å². The summed E-state index contributed by atoms with van der Waals surface area (Å²) in [7, 11) is 0. The first-order chi connectivity index (χ1) is 14.9. The van der Waals surface area contributed by atoms with E-state index in [1.54, 1.807) is 13.8 Å². The van der Waals surface area contributed by atoms with Gasteiger partial charge in [0, 0.05) is 0 Å². The number of carboxylic acids is 2. The summed E-state index contributed by atoms with van der Waals surface area (Å²) in [6.45, 7) is 4.15. The van der Waals surface area contributed by atoms with Gasteiger partial charge in [-0.15, -0.1) is 0 Å². The largest absolute Gasteiger partial charge is 0.481 e. The number of carbonyl (C=O) groups is 6. The SMILES string of the molecule is CC(C)CC(NC(=O)C(CC(N)=O)NC(=O)C1CCCN1)C(=O)NC(CC(=O)O)C(=O)O. The number of hydrogen-bond donors (Lipinski definition) is 7. The van der Waals surface area contributed by atoms with E-state index >= 15 is 0 Å². The van der Waals surface area contributed by atoms with Gasteiger partial charge in [-0.2, -0.15) is 0 Å². The second kappa shape index (κ2) is 12.6. The van der Waals surface area contributed by atoms with Crippen LogP contribution in [-0.2, 0) is 28.8 Å². The molecule has 4 atom stereocenters. The Morgan fingerprint density at radius 1 is 0.938 bits per heavy atom. The van der Waals surface area contributed by atoms with Crippen molar-refractivity contribution in [3.63, 3.8) is 0 Å². The maximum absolute atomic E-state index is 12.8. The van der Waals surface area contributed by atoms with Crippen LogP contribution in [0.2, 0.25) is 0 Å². The molecule has 1 aliphatic rings. The number of carboxylic acid groups (broad SMARTS) is 2. The zero-order valence-electron chi connectivity index (χ0n) is 18.1. The Hall–Kier alpha value is -3.22. The van der Waals surface area contributed by atoms with Crippen LogP contribution in [0.25, 0.3) is 0 Å². The third-order valence-electron chi connectivity index (χ3n) is 4.75. The highest BCUT2D eigenvalue weighted by Crippen LogP contribution is 2.09.